The average molecular weight is 524 g/mol. The van der Waals surface area contributed by atoms with Crippen LogP contribution in [0.4, 0.5) is 23.7 Å². The zero-order chi connectivity index (χ0) is 24.6. The zero-order valence-electron chi connectivity index (χ0n) is 16.6. The number of carbonyl (C=O) groups is 1. The van der Waals surface area contributed by atoms with Crippen LogP contribution in [0.2, 0.25) is 10.0 Å². The van der Waals surface area contributed by atoms with Crippen molar-refractivity contribution in [2.24, 2.45) is 0 Å². The Labute approximate surface area is 194 Å². The number of tetrazole rings is 1. The van der Waals surface area contributed by atoms with Crippen LogP contribution in [0.25, 0.3) is 5.69 Å². The van der Waals surface area contributed by atoms with E-state index < -0.39 is 32.8 Å². The van der Waals surface area contributed by atoms with Crippen LogP contribution in [0.3, 0.4) is 0 Å². The number of anilines is 1. The van der Waals surface area contributed by atoms with Crippen molar-refractivity contribution in [2.45, 2.75) is 18.2 Å². The maximum absolute atomic E-state index is 12.9. The molecule has 0 spiro atoms. The van der Waals surface area contributed by atoms with E-state index in [4.69, 9.17) is 23.2 Å². The lowest BCUT2D eigenvalue weighted by Crippen LogP contribution is -2.41. The molecule has 9 nitrogen and oxygen atoms in total. The van der Waals surface area contributed by atoms with Gasteiger partial charge in [-0.1, -0.05) is 41.4 Å². The van der Waals surface area contributed by atoms with Crippen molar-refractivity contribution in [1.82, 2.24) is 19.8 Å². The Morgan fingerprint density at radius 1 is 1.06 bits per heavy atom. The number of amides is 1. The van der Waals surface area contributed by atoms with Crippen molar-refractivity contribution in [3.8, 4) is 5.69 Å². The third-order valence-electron chi connectivity index (χ3n) is 4.42. The number of nitrogens with zero attached hydrogens (tertiary/aromatic N) is 5. The lowest BCUT2D eigenvalue weighted by atomic mass is 10.2. The highest BCUT2D eigenvalue weighted by molar-refractivity contribution is 7.91. The molecule has 176 valence electrons. The minimum absolute atomic E-state index is 0.0307. The highest BCUT2D eigenvalue weighted by Crippen LogP contribution is 2.28. The van der Waals surface area contributed by atoms with Gasteiger partial charge in [-0.25, -0.2) is 18.0 Å². The molecule has 0 aliphatic rings. The number of hydrogen-bond donors (Lipinski definition) is 0. The maximum Gasteiger partial charge on any atom is 0.497 e. The summed E-state index contributed by atoms with van der Waals surface area (Å²) in [6, 6.07) is 8.36. The summed E-state index contributed by atoms with van der Waals surface area (Å²) in [6.07, 6.45) is 0. The predicted molar refractivity (Wildman–Crippen MR) is 115 cm³/mol. The van der Waals surface area contributed by atoms with E-state index in [0.29, 0.717) is 4.68 Å². The average Bonchev–Trinajstić information content (AvgIpc) is 3.09. The molecular formula is C18H14Cl2F3N5O4S. The Morgan fingerprint density at radius 3 is 2.15 bits per heavy atom. The molecule has 0 fully saturated rings. The van der Waals surface area contributed by atoms with Crippen LogP contribution < -0.4 is 10.6 Å². The Kier molecular flexibility index (Phi) is 6.86. The molecular weight excluding hydrogens is 510 g/mol. The number of alkyl halides is 3. The second-order valence-electron chi connectivity index (χ2n) is 6.55. The standard InChI is InChI=1S/C18H14Cl2F3N5O4S/c1-2-26(12-8-6-11(7-9-12)10-33(31,32)18(21,22)23)16(29)28-17(30)27(24-25-28)15-13(19)4-3-5-14(15)20/h3-9H,2,10H2,1H3. The lowest BCUT2D eigenvalue weighted by Gasteiger charge is -2.20. The molecule has 0 bridgehead atoms. The summed E-state index contributed by atoms with van der Waals surface area (Å²) in [4.78, 5) is 26.7. The van der Waals surface area contributed by atoms with Crippen LogP contribution in [0.1, 0.15) is 12.5 Å². The van der Waals surface area contributed by atoms with Crippen LogP contribution in [-0.4, -0.2) is 46.3 Å². The number of aromatic nitrogens is 4. The van der Waals surface area contributed by atoms with Gasteiger partial charge in [-0.3, -0.25) is 4.90 Å². The molecule has 0 unspecified atom stereocenters. The van der Waals surface area contributed by atoms with Gasteiger partial charge in [0.15, 0.2) is 0 Å². The number of benzene rings is 2. The van der Waals surface area contributed by atoms with Crippen molar-refractivity contribution in [3.63, 3.8) is 0 Å². The van der Waals surface area contributed by atoms with E-state index >= 15 is 0 Å². The summed E-state index contributed by atoms with van der Waals surface area (Å²) >= 11 is 12.1. The summed E-state index contributed by atoms with van der Waals surface area (Å²) in [6.45, 7) is 1.63. The highest BCUT2D eigenvalue weighted by Gasteiger charge is 2.45. The number of halogens is 5. The first-order valence-electron chi connectivity index (χ1n) is 9.06. The monoisotopic (exact) mass is 523 g/mol. The lowest BCUT2D eigenvalue weighted by molar-refractivity contribution is -0.0437. The molecule has 3 rings (SSSR count). The second-order valence-corrected chi connectivity index (χ2v) is 9.35. The van der Waals surface area contributed by atoms with Crippen molar-refractivity contribution in [3.05, 3.63) is 68.6 Å². The van der Waals surface area contributed by atoms with Gasteiger partial charge in [-0.2, -0.15) is 17.9 Å². The summed E-state index contributed by atoms with van der Waals surface area (Å²) in [5, 5.41) is 7.41. The fourth-order valence-electron chi connectivity index (χ4n) is 2.81. The normalized spacial score (nSPS) is 12.1. The Morgan fingerprint density at radius 2 is 1.64 bits per heavy atom. The molecule has 0 aliphatic carbocycles. The van der Waals surface area contributed by atoms with Crippen molar-refractivity contribution >= 4 is 44.8 Å². The van der Waals surface area contributed by atoms with Crippen molar-refractivity contribution < 1.29 is 26.4 Å². The van der Waals surface area contributed by atoms with Gasteiger partial charge >= 0.3 is 17.2 Å². The molecule has 0 N–H and O–H groups in total. The van der Waals surface area contributed by atoms with E-state index in [-0.39, 0.29) is 33.5 Å². The number of sulfone groups is 1. The zero-order valence-corrected chi connectivity index (χ0v) is 19.0. The number of hydrogen-bond acceptors (Lipinski definition) is 6. The molecule has 0 atom stereocenters. The Hall–Kier alpha value is -2.90. The van der Waals surface area contributed by atoms with Gasteiger partial charge in [0.25, 0.3) is 9.84 Å². The third kappa shape index (κ3) is 4.89. The van der Waals surface area contributed by atoms with Crippen molar-refractivity contribution in [2.75, 3.05) is 11.4 Å². The molecule has 3 aromatic rings. The summed E-state index contributed by atoms with van der Waals surface area (Å²) in [5.41, 5.74) is -6.25. The quantitative estimate of drug-likeness (QED) is 0.472. The van der Waals surface area contributed by atoms with E-state index in [1.165, 1.54) is 24.3 Å². The van der Waals surface area contributed by atoms with Crippen LogP contribution in [-0.2, 0) is 15.6 Å². The SMILES string of the molecule is CCN(C(=O)n1nnn(-c2c(Cl)cccc2Cl)c1=O)c1ccc(CS(=O)(=O)C(F)(F)F)cc1. The fourth-order valence-corrected chi connectivity index (χ4v) is 4.17. The molecule has 1 heterocycles. The van der Waals surface area contributed by atoms with Crippen molar-refractivity contribution in [1.29, 1.82) is 0 Å². The minimum atomic E-state index is -5.38. The molecule has 15 heteroatoms. The van der Waals surface area contributed by atoms with Gasteiger partial charge < -0.3 is 0 Å². The van der Waals surface area contributed by atoms with E-state index in [9.17, 15) is 31.2 Å². The molecule has 0 saturated carbocycles. The maximum atomic E-state index is 12.9. The summed E-state index contributed by atoms with van der Waals surface area (Å²) < 4.78 is 61.6. The number of para-hydroxylation sites is 1. The Bertz CT molecular complexity index is 1330. The van der Waals surface area contributed by atoms with Gasteiger partial charge in [0.1, 0.15) is 5.69 Å². The number of rotatable bonds is 5. The van der Waals surface area contributed by atoms with Crippen LogP contribution in [0.15, 0.2) is 47.3 Å². The number of carbonyl (C=O) groups excluding carboxylic acids is 1. The molecule has 0 radical (unpaired) electrons. The molecule has 1 amide bonds. The van der Waals surface area contributed by atoms with E-state index in [2.05, 4.69) is 10.4 Å². The molecule has 2 aromatic carbocycles. The van der Waals surface area contributed by atoms with E-state index in [0.717, 1.165) is 21.7 Å². The van der Waals surface area contributed by atoms with Gasteiger partial charge in [0.2, 0.25) is 0 Å². The summed E-state index contributed by atoms with van der Waals surface area (Å²) in [5.74, 6) is -1.25. The predicted octanol–water partition coefficient (Wildman–Crippen LogP) is 3.67. The van der Waals surface area contributed by atoms with Gasteiger partial charge in [-0.05, 0) is 47.2 Å². The van der Waals surface area contributed by atoms with Crippen LogP contribution in [0.5, 0.6) is 0 Å². The largest absolute Gasteiger partial charge is 0.497 e. The first-order chi connectivity index (χ1) is 15.4. The Balaban J connectivity index is 1.90. The molecule has 0 aliphatic heterocycles. The van der Waals surface area contributed by atoms with Crippen LogP contribution in [0, 0.1) is 0 Å². The second kappa shape index (κ2) is 9.15. The molecule has 33 heavy (non-hydrogen) atoms. The van der Waals surface area contributed by atoms with Gasteiger partial charge in [0, 0.05) is 12.2 Å². The topological polar surface area (TPSA) is 107 Å². The molecule has 0 saturated heterocycles. The van der Waals surface area contributed by atoms with Crippen LogP contribution >= 0.6 is 23.2 Å². The first kappa shape index (κ1) is 24.7. The van der Waals surface area contributed by atoms with Gasteiger partial charge in [-0.15, -0.1) is 4.68 Å². The molecule has 1 aromatic heterocycles. The van der Waals surface area contributed by atoms with E-state index in [1.54, 1.807) is 13.0 Å². The summed E-state index contributed by atoms with van der Waals surface area (Å²) in [7, 11) is -5.35. The van der Waals surface area contributed by atoms with E-state index in [1.807, 2.05) is 0 Å². The first-order valence-corrected chi connectivity index (χ1v) is 11.5. The third-order valence-corrected chi connectivity index (χ3v) is 6.44. The fraction of sp³-hybridized carbons (Fsp3) is 0.222. The van der Waals surface area contributed by atoms with Gasteiger partial charge in [0.05, 0.1) is 15.8 Å². The highest BCUT2D eigenvalue weighted by atomic mass is 35.5. The smallest absolute Gasteiger partial charge is 0.293 e. The minimum Gasteiger partial charge on any atom is -0.293 e.